The Morgan fingerprint density at radius 3 is 2.71 bits per heavy atom. The van der Waals surface area contributed by atoms with Crippen molar-refractivity contribution in [3.05, 3.63) is 34.9 Å². The molecule has 1 rings (SSSR count). The first-order valence-electron chi connectivity index (χ1n) is 7.02. The van der Waals surface area contributed by atoms with Crippen molar-refractivity contribution in [3.63, 3.8) is 0 Å². The molecule has 0 saturated carbocycles. The van der Waals surface area contributed by atoms with Crippen LogP contribution >= 0.6 is 47.3 Å². The maximum Gasteiger partial charge on any atom is 0.191 e. The number of rotatable bonds is 8. The van der Waals surface area contributed by atoms with Crippen molar-refractivity contribution in [3.8, 4) is 0 Å². The zero-order valence-corrected chi connectivity index (χ0v) is 16.6. The van der Waals surface area contributed by atoms with E-state index < -0.39 is 0 Å². The molecule has 6 heteroatoms. The van der Waals surface area contributed by atoms with Gasteiger partial charge in [0.15, 0.2) is 5.96 Å². The molecule has 0 aliphatic rings. The molecule has 0 bridgehead atoms. The Bertz CT molecular complexity index is 416. The van der Waals surface area contributed by atoms with Crippen molar-refractivity contribution >= 4 is 53.3 Å². The minimum atomic E-state index is 0. The Hall–Kier alpha value is -0.140. The highest BCUT2D eigenvalue weighted by Crippen LogP contribution is 2.14. The van der Waals surface area contributed by atoms with Crippen LogP contribution in [0, 0.1) is 0 Å². The number of guanidine groups is 1. The molecule has 1 aromatic carbocycles. The summed E-state index contributed by atoms with van der Waals surface area (Å²) in [6.07, 6.45) is 4.13. The fraction of sp³-hybridized carbons (Fsp3) is 0.533. The maximum atomic E-state index is 6.14. The van der Waals surface area contributed by atoms with E-state index >= 15 is 0 Å². The van der Waals surface area contributed by atoms with E-state index in [9.17, 15) is 0 Å². The highest BCUT2D eigenvalue weighted by Gasteiger charge is 2.00. The molecular formula is C15H25ClIN3S. The molecule has 0 spiro atoms. The molecule has 21 heavy (non-hydrogen) atoms. The zero-order valence-electron chi connectivity index (χ0n) is 12.7. The van der Waals surface area contributed by atoms with E-state index in [1.54, 1.807) is 0 Å². The highest BCUT2D eigenvalue weighted by molar-refractivity contribution is 14.0. The summed E-state index contributed by atoms with van der Waals surface area (Å²) in [5, 5.41) is 7.44. The summed E-state index contributed by atoms with van der Waals surface area (Å²) in [5.41, 5.74) is 1.17. The molecule has 0 amide bonds. The SMILES string of the molecule is CCNC(=NCCCSC)NCCc1ccccc1Cl.I. The number of hydrogen-bond acceptors (Lipinski definition) is 2. The fourth-order valence-electron chi connectivity index (χ4n) is 1.76. The zero-order chi connectivity index (χ0) is 14.6. The Labute approximate surface area is 154 Å². The van der Waals surface area contributed by atoms with Crippen LogP contribution in [-0.4, -0.2) is 37.6 Å². The molecule has 0 saturated heterocycles. The van der Waals surface area contributed by atoms with Crippen LogP contribution in [0.4, 0.5) is 0 Å². The molecular weight excluding hydrogens is 417 g/mol. The lowest BCUT2D eigenvalue weighted by Crippen LogP contribution is -2.38. The van der Waals surface area contributed by atoms with Crippen LogP contribution in [0.3, 0.4) is 0 Å². The molecule has 3 nitrogen and oxygen atoms in total. The van der Waals surface area contributed by atoms with E-state index in [4.69, 9.17) is 11.6 Å². The van der Waals surface area contributed by atoms with Crippen LogP contribution < -0.4 is 10.6 Å². The van der Waals surface area contributed by atoms with Gasteiger partial charge in [-0.15, -0.1) is 24.0 Å². The first-order valence-corrected chi connectivity index (χ1v) is 8.79. The van der Waals surface area contributed by atoms with Crippen molar-refractivity contribution in [2.45, 2.75) is 19.8 Å². The van der Waals surface area contributed by atoms with Crippen molar-refractivity contribution in [2.75, 3.05) is 31.6 Å². The van der Waals surface area contributed by atoms with Gasteiger partial charge in [0.25, 0.3) is 0 Å². The van der Waals surface area contributed by atoms with Crippen LogP contribution in [0.1, 0.15) is 18.9 Å². The lowest BCUT2D eigenvalue weighted by atomic mass is 10.1. The van der Waals surface area contributed by atoms with Crippen LogP contribution in [0.2, 0.25) is 5.02 Å². The van der Waals surface area contributed by atoms with Gasteiger partial charge >= 0.3 is 0 Å². The van der Waals surface area contributed by atoms with Gasteiger partial charge in [-0.25, -0.2) is 0 Å². The topological polar surface area (TPSA) is 36.4 Å². The third-order valence-corrected chi connectivity index (χ3v) is 3.83. The summed E-state index contributed by atoms with van der Waals surface area (Å²) in [4.78, 5) is 4.55. The minimum absolute atomic E-state index is 0. The normalized spacial score (nSPS) is 10.9. The first-order chi connectivity index (χ1) is 9.77. The predicted molar refractivity (Wildman–Crippen MR) is 108 cm³/mol. The summed E-state index contributed by atoms with van der Waals surface area (Å²) >= 11 is 8.00. The van der Waals surface area contributed by atoms with Crippen LogP contribution in [0.5, 0.6) is 0 Å². The second-order valence-electron chi connectivity index (χ2n) is 4.38. The molecule has 0 atom stereocenters. The Morgan fingerprint density at radius 2 is 2.05 bits per heavy atom. The van der Waals surface area contributed by atoms with Gasteiger partial charge < -0.3 is 10.6 Å². The van der Waals surface area contributed by atoms with E-state index in [1.807, 2.05) is 30.0 Å². The van der Waals surface area contributed by atoms with Gasteiger partial charge in [0.1, 0.15) is 0 Å². The van der Waals surface area contributed by atoms with E-state index in [1.165, 1.54) is 5.56 Å². The van der Waals surface area contributed by atoms with E-state index in [0.29, 0.717) is 0 Å². The van der Waals surface area contributed by atoms with Gasteiger partial charge in [0.2, 0.25) is 0 Å². The number of thioether (sulfide) groups is 1. The van der Waals surface area contributed by atoms with Crippen molar-refractivity contribution in [1.82, 2.24) is 10.6 Å². The smallest absolute Gasteiger partial charge is 0.191 e. The molecule has 0 fully saturated rings. The monoisotopic (exact) mass is 441 g/mol. The molecule has 0 unspecified atom stereocenters. The lowest BCUT2D eigenvalue weighted by molar-refractivity contribution is 0.795. The number of aliphatic imine (C=N–C) groups is 1. The largest absolute Gasteiger partial charge is 0.357 e. The van der Waals surface area contributed by atoms with E-state index in [-0.39, 0.29) is 24.0 Å². The van der Waals surface area contributed by atoms with Gasteiger partial charge in [-0.2, -0.15) is 11.8 Å². The average molecular weight is 442 g/mol. The third kappa shape index (κ3) is 9.47. The van der Waals surface area contributed by atoms with Gasteiger partial charge in [-0.1, -0.05) is 29.8 Å². The van der Waals surface area contributed by atoms with Crippen molar-refractivity contribution < 1.29 is 0 Å². The maximum absolute atomic E-state index is 6.14. The molecule has 1 aromatic rings. The molecule has 0 radical (unpaired) electrons. The standard InChI is InChI=1S/C15H24ClN3S.HI/c1-3-17-15(18-10-6-12-20-2)19-11-9-13-7-4-5-8-14(13)16;/h4-5,7-8H,3,6,9-12H2,1-2H3,(H2,17,18,19);1H. The second-order valence-corrected chi connectivity index (χ2v) is 5.77. The van der Waals surface area contributed by atoms with Gasteiger partial charge in [0, 0.05) is 24.7 Å². The number of benzene rings is 1. The molecule has 0 heterocycles. The summed E-state index contributed by atoms with van der Waals surface area (Å²) in [6.45, 7) is 4.65. The summed E-state index contributed by atoms with van der Waals surface area (Å²) in [7, 11) is 0. The average Bonchev–Trinajstić information content (AvgIpc) is 2.45. The molecule has 2 N–H and O–H groups in total. The van der Waals surface area contributed by atoms with Crippen molar-refractivity contribution in [2.24, 2.45) is 4.99 Å². The first kappa shape index (κ1) is 20.9. The molecule has 120 valence electrons. The minimum Gasteiger partial charge on any atom is -0.357 e. The summed E-state index contributed by atoms with van der Waals surface area (Å²) in [6, 6.07) is 7.96. The number of halogens is 2. The van der Waals surface area contributed by atoms with Gasteiger partial charge in [-0.3, -0.25) is 4.99 Å². The molecule has 0 aliphatic carbocycles. The lowest BCUT2D eigenvalue weighted by Gasteiger charge is -2.11. The van der Waals surface area contributed by atoms with Crippen molar-refractivity contribution in [1.29, 1.82) is 0 Å². The predicted octanol–water partition coefficient (Wildman–Crippen LogP) is 3.81. The van der Waals surface area contributed by atoms with E-state index in [0.717, 1.165) is 49.2 Å². The second kappa shape index (κ2) is 13.5. The number of nitrogens with one attached hydrogen (secondary N) is 2. The highest BCUT2D eigenvalue weighted by atomic mass is 127. The van der Waals surface area contributed by atoms with Crippen LogP contribution in [0.25, 0.3) is 0 Å². The summed E-state index contributed by atoms with van der Waals surface area (Å²) in [5.74, 6) is 2.04. The van der Waals surface area contributed by atoms with Gasteiger partial charge in [0.05, 0.1) is 0 Å². The third-order valence-electron chi connectivity index (χ3n) is 2.77. The molecule has 0 aromatic heterocycles. The quantitative estimate of drug-likeness (QED) is 0.279. The Morgan fingerprint density at radius 1 is 1.29 bits per heavy atom. The Kier molecular flexibility index (Phi) is 13.4. The number of hydrogen-bond donors (Lipinski definition) is 2. The molecule has 0 aliphatic heterocycles. The van der Waals surface area contributed by atoms with Gasteiger partial charge in [-0.05, 0) is 43.4 Å². The summed E-state index contributed by atoms with van der Waals surface area (Å²) < 4.78 is 0. The van der Waals surface area contributed by atoms with Crippen LogP contribution in [-0.2, 0) is 6.42 Å². The number of nitrogens with zero attached hydrogens (tertiary/aromatic N) is 1. The van der Waals surface area contributed by atoms with Crippen LogP contribution in [0.15, 0.2) is 29.3 Å². The Balaban J connectivity index is 0.00000400. The van der Waals surface area contributed by atoms with E-state index in [2.05, 4.69) is 34.9 Å². The fourth-order valence-corrected chi connectivity index (χ4v) is 2.41.